The fraction of sp³-hybridized carbons (Fsp3) is 0. The van der Waals surface area contributed by atoms with E-state index in [1.54, 1.807) is 0 Å². The Morgan fingerprint density at radius 2 is 0.821 bits per heavy atom. The van der Waals surface area contributed by atoms with Crippen molar-refractivity contribution in [3.05, 3.63) is 212 Å². The van der Waals surface area contributed by atoms with Gasteiger partial charge >= 0.3 is 0 Å². The Bertz CT molecular complexity index is 3260. The molecule has 0 unspecified atom stereocenters. The van der Waals surface area contributed by atoms with Gasteiger partial charge in [0.05, 0.1) is 11.4 Å². The summed E-state index contributed by atoms with van der Waals surface area (Å²) in [4.78, 5) is 2.47. The third-order valence-electron chi connectivity index (χ3n) is 11.3. The second-order valence-corrected chi connectivity index (χ2v) is 15.5. The molecule has 0 saturated carbocycles. The van der Waals surface area contributed by atoms with Gasteiger partial charge in [-0.2, -0.15) is 0 Å². The highest BCUT2D eigenvalue weighted by Gasteiger charge is 2.22. The van der Waals surface area contributed by atoms with E-state index >= 15 is 0 Å². The summed E-state index contributed by atoms with van der Waals surface area (Å²) >= 11 is 1.86. The minimum Gasteiger partial charge on any atom is -0.309 e. The van der Waals surface area contributed by atoms with Crippen molar-refractivity contribution in [3.63, 3.8) is 0 Å². The van der Waals surface area contributed by atoms with E-state index in [1.165, 1.54) is 85.9 Å². The van der Waals surface area contributed by atoms with Crippen LogP contribution in [0.3, 0.4) is 0 Å². The lowest BCUT2D eigenvalue weighted by Gasteiger charge is -2.30. The summed E-state index contributed by atoms with van der Waals surface area (Å²) in [5.74, 6) is 0. The fourth-order valence-corrected chi connectivity index (χ4v) is 9.73. The summed E-state index contributed by atoms with van der Waals surface area (Å²) in [7, 11) is 0. The molecule has 0 radical (unpaired) electrons. The van der Waals surface area contributed by atoms with Gasteiger partial charge in [-0.05, 0) is 103 Å². The van der Waals surface area contributed by atoms with Gasteiger partial charge in [0.2, 0.25) is 0 Å². The van der Waals surface area contributed by atoms with Crippen LogP contribution in [0.15, 0.2) is 212 Å². The van der Waals surface area contributed by atoms with Crippen LogP contribution < -0.4 is 4.90 Å². The van der Waals surface area contributed by atoms with E-state index in [-0.39, 0.29) is 0 Å². The maximum atomic E-state index is 2.47. The Morgan fingerprint density at radius 3 is 1.61 bits per heavy atom. The number of para-hydroxylation sites is 2. The highest BCUT2D eigenvalue weighted by Crippen LogP contribution is 2.48. The van der Waals surface area contributed by atoms with Crippen LogP contribution in [-0.4, -0.2) is 0 Å². The Kier molecular flexibility index (Phi) is 7.75. The normalized spacial score (nSPS) is 11.6. The van der Waals surface area contributed by atoms with Gasteiger partial charge in [-0.1, -0.05) is 164 Å². The minimum absolute atomic E-state index is 1.10. The number of hydrogen-bond acceptors (Lipinski definition) is 2. The molecule has 1 nitrogen and oxygen atoms in total. The number of thiophene rings is 1. The Morgan fingerprint density at radius 1 is 0.286 bits per heavy atom. The lowest BCUT2D eigenvalue weighted by molar-refractivity contribution is 1.29. The van der Waals surface area contributed by atoms with Gasteiger partial charge in [0.25, 0.3) is 0 Å². The first-order chi connectivity index (χ1) is 27.8. The first-order valence-electron chi connectivity index (χ1n) is 19.2. The molecule has 0 aliphatic carbocycles. The molecule has 2 heteroatoms. The molecular weight excluding hydrogens is 695 g/mol. The number of nitrogens with zero attached hydrogens (tertiary/aromatic N) is 1. The smallest absolute Gasteiger partial charge is 0.0540 e. The number of hydrogen-bond donors (Lipinski definition) is 0. The third kappa shape index (κ3) is 5.38. The van der Waals surface area contributed by atoms with Crippen molar-refractivity contribution < 1.29 is 0 Å². The second kappa shape index (κ2) is 13.4. The summed E-state index contributed by atoms with van der Waals surface area (Å²) in [6.07, 6.45) is 0. The highest BCUT2D eigenvalue weighted by molar-refractivity contribution is 7.25. The molecule has 0 saturated heterocycles. The van der Waals surface area contributed by atoms with Crippen molar-refractivity contribution in [2.45, 2.75) is 0 Å². The zero-order valence-electron chi connectivity index (χ0n) is 30.6. The molecule has 0 fully saturated rings. The molecule has 11 rings (SSSR count). The molecule has 0 aliphatic heterocycles. The lowest BCUT2D eigenvalue weighted by Crippen LogP contribution is -2.12. The van der Waals surface area contributed by atoms with Crippen molar-refractivity contribution in [2.75, 3.05) is 4.90 Å². The molecular formula is C54H35NS. The van der Waals surface area contributed by atoms with Crippen LogP contribution in [0.25, 0.3) is 85.9 Å². The molecule has 0 atom stereocenters. The molecule has 0 amide bonds. The Hall–Kier alpha value is -7.00. The van der Waals surface area contributed by atoms with E-state index in [0.717, 1.165) is 17.1 Å². The summed E-state index contributed by atoms with van der Waals surface area (Å²) in [5, 5.41) is 10.1. The average molecular weight is 730 g/mol. The van der Waals surface area contributed by atoms with Gasteiger partial charge in [0.1, 0.15) is 0 Å². The summed E-state index contributed by atoms with van der Waals surface area (Å²) in [6, 6.07) is 77.9. The van der Waals surface area contributed by atoms with Crippen molar-refractivity contribution in [1.29, 1.82) is 0 Å². The molecule has 56 heavy (non-hydrogen) atoms. The number of rotatable bonds is 6. The van der Waals surface area contributed by atoms with Gasteiger partial charge in [-0.15, -0.1) is 11.3 Å². The van der Waals surface area contributed by atoms with E-state index in [1.807, 2.05) is 11.3 Å². The fourth-order valence-electron chi connectivity index (χ4n) is 8.65. The molecule has 11 aromatic rings. The highest BCUT2D eigenvalue weighted by atomic mass is 32.1. The van der Waals surface area contributed by atoms with Gasteiger partial charge in [-0.3, -0.25) is 0 Å². The van der Waals surface area contributed by atoms with Crippen LogP contribution in [0.1, 0.15) is 0 Å². The van der Waals surface area contributed by atoms with Crippen molar-refractivity contribution in [3.8, 4) is 33.4 Å². The maximum Gasteiger partial charge on any atom is 0.0540 e. The zero-order valence-corrected chi connectivity index (χ0v) is 31.4. The predicted octanol–water partition coefficient (Wildman–Crippen LogP) is 16.0. The van der Waals surface area contributed by atoms with E-state index in [9.17, 15) is 0 Å². The van der Waals surface area contributed by atoms with Gasteiger partial charge in [0, 0.05) is 37.0 Å². The molecule has 0 N–H and O–H groups in total. The van der Waals surface area contributed by atoms with E-state index in [2.05, 4.69) is 217 Å². The number of fused-ring (bicyclic) bond motifs is 7. The molecule has 262 valence electrons. The van der Waals surface area contributed by atoms with Crippen molar-refractivity contribution in [2.24, 2.45) is 0 Å². The van der Waals surface area contributed by atoms with E-state index in [4.69, 9.17) is 0 Å². The van der Waals surface area contributed by atoms with Crippen LogP contribution in [0.5, 0.6) is 0 Å². The predicted molar refractivity (Wildman–Crippen MR) is 243 cm³/mol. The third-order valence-corrected chi connectivity index (χ3v) is 12.4. The molecule has 1 heterocycles. The topological polar surface area (TPSA) is 3.24 Å². The van der Waals surface area contributed by atoms with Crippen LogP contribution in [0, 0.1) is 0 Å². The van der Waals surface area contributed by atoms with Crippen LogP contribution in [0.2, 0.25) is 0 Å². The molecule has 0 bridgehead atoms. The molecule has 1 aromatic heterocycles. The first-order valence-corrected chi connectivity index (χ1v) is 20.0. The molecule has 10 aromatic carbocycles. The Balaban J connectivity index is 1.13. The van der Waals surface area contributed by atoms with Gasteiger partial charge in [0.15, 0.2) is 0 Å². The second-order valence-electron chi connectivity index (χ2n) is 14.4. The monoisotopic (exact) mass is 729 g/mol. The van der Waals surface area contributed by atoms with Gasteiger partial charge in [-0.25, -0.2) is 0 Å². The summed E-state index contributed by atoms with van der Waals surface area (Å²) in [5.41, 5.74) is 10.6. The number of anilines is 3. The van der Waals surface area contributed by atoms with Crippen LogP contribution >= 0.6 is 11.3 Å². The summed E-state index contributed by atoms with van der Waals surface area (Å²) in [6.45, 7) is 0. The average Bonchev–Trinajstić information content (AvgIpc) is 3.65. The first kappa shape index (κ1) is 32.4. The quantitative estimate of drug-likeness (QED) is 0.154. The molecule has 0 aliphatic rings. The SMILES string of the molecule is c1ccc(N(c2ccc(-c3ccc4sc5ccccc5c4c3)cc2)c2ccccc2-c2cc3ccccc3c3ccccc23)c(-c2cccc3ccccc23)c1. The number of benzene rings is 10. The largest absolute Gasteiger partial charge is 0.309 e. The zero-order chi connectivity index (χ0) is 37.0. The van der Waals surface area contributed by atoms with Crippen molar-refractivity contribution >= 4 is 80.9 Å². The lowest BCUT2D eigenvalue weighted by atomic mass is 9.91. The van der Waals surface area contributed by atoms with Crippen LogP contribution in [-0.2, 0) is 0 Å². The Labute approximate surface area is 330 Å². The standard InChI is InChI=1S/C54H35NS/c1-3-17-41-37(14-1)16-13-24-44(41)46-21-7-10-25-51(46)55(40-31-28-36(29-32-40)38-30-33-54-50(34-38)48-23-9-12-27-53(48)56-54)52-26-11-8-22-47(52)49-35-39-15-2-4-18-42(39)43-19-5-6-20-45(43)49/h1-35H. The molecule has 0 spiro atoms. The maximum absolute atomic E-state index is 2.47. The van der Waals surface area contributed by atoms with Gasteiger partial charge < -0.3 is 4.90 Å². The minimum atomic E-state index is 1.10. The summed E-state index contributed by atoms with van der Waals surface area (Å²) < 4.78 is 2.65. The van der Waals surface area contributed by atoms with Crippen molar-refractivity contribution in [1.82, 2.24) is 0 Å². The van der Waals surface area contributed by atoms with E-state index in [0.29, 0.717) is 0 Å². The van der Waals surface area contributed by atoms with Crippen LogP contribution in [0.4, 0.5) is 17.1 Å². The van der Waals surface area contributed by atoms with E-state index < -0.39 is 0 Å².